The van der Waals surface area contributed by atoms with Crippen molar-refractivity contribution in [3.63, 3.8) is 0 Å². The van der Waals surface area contributed by atoms with Crippen LogP contribution in [0.4, 0.5) is 4.39 Å². The molecule has 0 radical (unpaired) electrons. The number of hydrogen-bond donors (Lipinski definition) is 0. The van der Waals surface area contributed by atoms with Gasteiger partial charge in [-0.2, -0.15) is 5.26 Å². The van der Waals surface area contributed by atoms with Crippen molar-refractivity contribution >= 4 is 11.8 Å². The summed E-state index contributed by atoms with van der Waals surface area (Å²) in [6.45, 7) is 0.896. The normalized spacial score (nSPS) is 11.2. The van der Waals surface area contributed by atoms with E-state index in [4.69, 9.17) is 19.5 Å². The molecule has 0 saturated heterocycles. The molecule has 0 aliphatic carbocycles. The second-order valence-electron chi connectivity index (χ2n) is 5.27. The van der Waals surface area contributed by atoms with Crippen LogP contribution >= 0.6 is 0 Å². The molecule has 0 aromatic heterocycles. The number of Topliss-reactive ketones (excluding diaryl/α,β-unsaturated/α-hetero) is 1. The Labute approximate surface area is 149 Å². The van der Waals surface area contributed by atoms with Crippen molar-refractivity contribution in [2.75, 3.05) is 13.7 Å². The summed E-state index contributed by atoms with van der Waals surface area (Å²) in [6, 6.07) is 11.7. The van der Waals surface area contributed by atoms with E-state index >= 15 is 0 Å². The fourth-order valence-electron chi connectivity index (χ4n) is 2.09. The van der Waals surface area contributed by atoms with E-state index in [1.54, 1.807) is 24.3 Å². The molecule has 0 fully saturated rings. The van der Waals surface area contributed by atoms with Gasteiger partial charge in [-0.1, -0.05) is 0 Å². The molecule has 26 heavy (non-hydrogen) atoms. The van der Waals surface area contributed by atoms with Gasteiger partial charge >= 0.3 is 5.97 Å². The second kappa shape index (κ2) is 8.62. The molecule has 1 atom stereocenters. The Hall–Kier alpha value is -3.40. The average molecular weight is 357 g/mol. The van der Waals surface area contributed by atoms with Gasteiger partial charge in [-0.15, -0.1) is 0 Å². The molecule has 0 aliphatic heterocycles. The van der Waals surface area contributed by atoms with Crippen LogP contribution in [0, 0.1) is 17.1 Å². The summed E-state index contributed by atoms with van der Waals surface area (Å²) in [7, 11) is 1.35. The summed E-state index contributed by atoms with van der Waals surface area (Å²) < 4.78 is 28.6. The van der Waals surface area contributed by atoms with Crippen molar-refractivity contribution < 1.29 is 28.2 Å². The Morgan fingerprint density at radius 1 is 1.19 bits per heavy atom. The minimum atomic E-state index is -0.967. The predicted octanol–water partition coefficient (Wildman–Crippen LogP) is 2.90. The quantitative estimate of drug-likeness (QED) is 0.559. The van der Waals surface area contributed by atoms with Gasteiger partial charge in [-0.05, 0) is 49.4 Å². The summed E-state index contributed by atoms with van der Waals surface area (Å²) in [5.41, 5.74) is 0.447. The summed E-state index contributed by atoms with van der Waals surface area (Å²) >= 11 is 0. The molecule has 2 rings (SSSR count). The van der Waals surface area contributed by atoms with Gasteiger partial charge in [0.1, 0.15) is 17.3 Å². The number of nitrogens with zero attached hydrogens (tertiary/aromatic N) is 1. The molecule has 0 unspecified atom stereocenters. The molecule has 7 heteroatoms. The highest BCUT2D eigenvalue weighted by molar-refractivity contribution is 6.00. The Morgan fingerprint density at radius 3 is 2.50 bits per heavy atom. The van der Waals surface area contributed by atoms with Crippen LogP contribution in [-0.4, -0.2) is 31.6 Å². The number of carbonyl (C=O) groups is 2. The van der Waals surface area contributed by atoms with Crippen LogP contribution in [-0.2, 0) is 9.53 Å². The minimum absolute atomic E-state index is 0.0130. The standard InChI is InChI=1S/C19H16FNO5/c1-12(26-15-6-3-13(10-21)4-7-15)19(23)25-11-17(22)16-9-14(20)5-8-18(16)24-2/h3-9,12H,11H2,1-2H3/t12-/m0/s1. The van der Waals surface area contributed by atoms with E-state index in [0.29, 0.717) is 11.3 Å². The molecule has 6 nitrogen and oxygen atoms in total. The fourth-order valence-corrected chi connectivity index (χ4v) is 2.09. The molecule has 0 heterocycles. The summed E-state index contributed by atoms with van der Waals surface area (Å²) in [4.78, 5) is 24.1. The van der Waals surface area contributed by atoms with Crippen molar-refractivity contribution in [2.24, 2.45) is 0 Å². The second-order valence-corrected chi connectivity index (χ2v) is 5.27. The van der Waals surface area contributed by atoms with Crippen LogP contribution in [0.25, 0.3) is 0 Å². The molecule has 0 saturated carbocycles. The van der Waals surface area contributed by atoms with Gasteiger partial charge in [0, 0.05) is 0 Å². The van der Waals surface area contributed by atoms with Gasteiger partial charge in [0.05, 0.1) is 24.3 Å². The molecular weight excluding hydrogens is 341 g/mol. The lowest BCUT2D eigenvalue weighted by molar-refractivity contribution is -0.149. The van der Waals surface area contributed by atoms with Crippen LogP contribution in [0.5, 0.6) is 11.5 Å². The van der Waals surface area contributed by atoms with Crippen LogP contribution in [0.15, 0.2) is 42.5 Å². The number of halogens is 1. The first-order chi connectivity index (χ1) is 12.4. The molecule has 0 amide bonds. The third kappa shape index (κ3) is 4.80. The maximum absolute atomic E-state index is 13.3. The topological polar surface area (TPSA) is 85.6 Å². The lowest BCUT2D eigenvalue weighted by Crippen LogP contribution is -2.28. The highest BCUT2D eigenvalue weighted by Gasteiger charge is 2.20. The number of rotatable bonds is 7. The van der Waals surface area contributed by atoms with Gasteiger partial charge in [0.15, 0.2) is 12.7 Å². The summed E-state index contributed by atoms with van der Waals surface area (Å²) in [5, 5.41) is 8.74. The molecule has 0 spiro atoms. The number of ether oxygens (including phenoxy) is 3. The monoisotopic (exact) mass is 357 g/mol. The smallest absolute Gasteiger partial charge is 0.347 e. The zero-order valence-electron chi connectivity index (χ0n) is 14.2. The van der Waals surface area contributed by atoms with Gasteiger partial charge in [-0.3, -0.25) is 4.79 Å². The van der Waals surface area contributed by atoms with E-state index in [0.717, 1.165) is 12.1 Å². The van der Waals surface area contributed by atoms with Crippen molar-refractivity contribution in [1.29, 1.82) is 5.26 Å². The number of esters is 1. The zero-order valence-corrected chi connectivity index (χ0v) is 14.2. The highest BCUT2D eigenvalue weighted by Crippen LogP contribution is 2.20. The zero-order chi connectivity index (χ0) is 19.1. The predicted molar refractivity (Wildman–Crippen MR) is 89.5 cm³/mol. The molecule has 134 valence electrons. The molecule has 2 aromatic carbocycles. The number of methoxy groups -OCH3 is 1. The highest BCUT2D eigenvalue weighted by atomic mass is 19.1. The van der Waals surface area contributed by atoms with Crippen molar-refractivity contribution in [1.82, 2.24) is 0 Å². The van der Waals surface area contributed by atoms with E-state index in [-0.39, 0.29) is 11.3 Å². The Bertz CT molecular complexity index is 842. The Balaban J connectivity index is 1.93. The lowest BCUT2D eigenvalue weighted by atomic mass is 10.1. The lowest BCUT2D eigenvalue weighted by Gasteiger charge is -2.14. The van der Waals surface area contributed by atoms with E-state index in [1.807, 2.05) is 6.07 Å². The van der Waals surface area contributed by atoms with E-state index in [1.165, 1.54) is 20.1 Å². The first-order valence-electron chi connectivity index (χ1n) is 7.64. The third-order valence-corrected chi connectivity index (χ3v) is 3.44. The molecule has 0 bridgehead atoms. The molecule has 0 aliphatic rings. The fraction of sp³-hybridized carbons (Fsp3) is 0.211. The van der Waals surface area contributed by atoms with Crippen molar-refractivity contribution in [3.8, 4) is 17.6 Å². The largest absolute Gasteiger partial charge is 0.496 e. The number of hydrogen-bond acceptors (Lipinski definition) is 6. The average Bonchev–Trinajstić information content (AvgIpc) is 2.66. The number of carbonyl (C=O) groups excluding carboxylic acids is 2. The van der Waals surface area contributed by atoms with Gasteiger partial charge in [0.25, 0.3) is 0 Å². The van der Waals surface area contributed by atoms with Crippen LogP contribution < -0.4 is 9.47 Å². The first kappa shape index (κ1) is 18.9. The van der Waals surface area contributed by atoms with Gasteiger partial charge < -0.3 is 14.2 Å². The van der Waals surface area contributed by atoms with Crippen LogP contribution in [0.2, 0.25) is 0 Å². The third-order valence-electron chi connectivity index (χ3n) is 3.44. The Kier molecular flexibility index (Phi) is 6.28. The Morgan fingerprint density at radius 2 is 1.88 bits per heavy atom. The number of nitriles is 1. The number of benzene rings is 2. The first-order valence-corrected chi connectivity index (χ1v) is 7.64. The van der Waals surface area contributed by atoms with Crippen LogP contribution in [0.3, 0.4) is 0 Å². The number of ketones is 1. The van der Waals surface area contributed by atoms with Gasteiger partial charge in [-0.25, -0.2) is 9.18 Å². The van der Waals surface area contributed by atoms with E-state index in [2.05, 4.69) is 0 Å². The van der Waals surface area contributed by atoms with E-state index in [9.17, 15) is 14.0 Å². The summed E-state index contributed by atoms with van der Waals surface area (Å²) in [5.74, 6) is -1.38. The van der Waals surface area contributed by atoms with Crippen LogP contribution in [0.1, 0.15) is 22.8 Å². The maximum atomic E-state index is 13.3. The molecule has 0 N–H and O–H groups in total. The van der Waals surface area contributed by atoms with Crippen molar-refractivity contribution in [2.45, 2.75) is 13.0 Å². The summed E-state index contributed by atoms with van der Waals surface area (Å²) in [6.07, 6.45) is -0.967. The molecule has 2 aromatic rings. The van der Waals surface area contributed by atoms with Crippen molar-refractivity contribution in [3.05, 3.63) is 59.4 Å². The molecular formula is C19H16FNO5. The minimum Gasteiger partial charge on any atom is -0.496 e. The van der Waals surface area contributed by atoms with E-state index < -0.39 is 30.3 Å². The van der Waals surface area contributed by atoms with Gasteiger partial charge in [0.2, 0.25) is 5.78 Å². The maximum Gasteiger partial charge on any atom is 0.347 e. The SMILES string of the molecule is COc1ccc(F)cc1C(=O)COC(=O)[C@H](C)Oc1ccc(C#N)cc1.